The number of hydrogen-bond donors (Lipinski definition) is 2. The second-order valence-corrected chi connectivity index (χ2v) is 3.51. The molecule has 0 spiro atoms. The monoisotopic (exact) mass is 189 g/mol. The largest absolute Gasteiger partial charge is 0.379 e. The molecule has 0 aliphatic heterocycles. The first kappa shape index (κ1) is 12.8. The molecule has 0 aliphatic carbocycles. The molecule has 13 heavy (non-hydrogen) atoms. The normalized spacial score (nSPS) is 13.6. The van der Waals surface area contributed by atoms with Crippen molar-refractivity contribution in [3.63, 3.8) is 0 Å². The molecular formula is C9H23N3O. The molecule has 0 amide bonds. The van der Waals surface area contributed by atoms with E-state index in [0.717, 1.165) is 26.3 Å². The minimum atomic E-state index is 0.387. The number of ether oxygens (including phenoxy) is 1. The molecule has 0 aromatic carbocycles. The number of nitrogens with zero attached hydrogens (tertiary/aromatic N) is 1. The van der Waals surface area contributed by atoms with Crippen molar-refractivity contribution in [1.29, 1.82) is 0 Å². The molecule has 80 valence electrons. The van der Waals surface area contributed by atoms with Crippen LogP contribution in [-0.4, -0.2) is 57.9 Å². The third-order valence-electron chi connectivity index (χ3n) is 1.78. The van der Waals surface area contributed by atoms with Gasteiger partial charge in [0.05, 0.1) is 13.2 Å². The maximum Gasteiger partial charge on any atom is 0.0593 e. The van der Waals surface area contributed by atoms with Gasteiger partial charge >= 0.3 is 0 Å². The van der Waals surface area contributed by atoms with E-state index >= 15 is 0 Å². The van der Waals surface area contributed by atoms with Crippen LogP contribution in [0.1, 0.15) is 6.92 Å². The minimum Gasteiger partial charge on any atom is -0.379 e. The second kappa shape index (κ2) is 8.44. The third-order valence-corrected chi connectivity index (χ3v) is 1.78. The van der Waals surface area contributed by atoms with Crippen LogP contribution in [0.25, 0.3) is 0 Å². The van der Waals surface area contributed by atoms with E-state index in [0.29, 0.717) is 12.6 Å². The summed E-state index contributed by atoms with van der Waals surface area (Å²) >= 11 is 0. The average molecular weight is 189 g/mol. The Hall–Kier alpha value is -0.160. The van der Waals surface area contributed by atoms with Crippen molar-refractivity contribution in [2.45, 2.75) is 13.0 Å². The number of nitrogens with one attached hydrogen (secondary N) is 1. The van der Waals surface area contributed by atoms with Crippen LogP contribution in [-0.2, 0) is 4.74 Å². The van der Waals surface area contributed by atoms with E-state index in [1.165, 1.54) is 0 Å². The van der Waals surface area contributed by atoms with Gasteiger partial charge in [0.1, 0.15) is 0 Å². The molecule has 1 unspecified atom stereocenters. The summed E-state index contributed by atoms with van der Waals surface area (Å²) in [7, 11) is 4.08. The third kappa shape index (κ3) is 9.76. The summed E-state index contributed by atoms with van der Waals surface area (Å²) in [5.74, 6) is 0. The van der Waals surface area contributed by atoms with E-state index in [4.69, 9.17) is 10.5 Å². The maximum absolute atomic E-state index is 5.44. The summed E-state index contributed by atoms with van der Waals surface area (Å²) in [6.45, 7) is 6.17. The van der Waals surface area contributed by atoms with Crippen LogP contribution in [0.4, 0.5) is 0 Å². The minimum absolute atomic E-state index is 0.387. The second-order valence-electron chi connectivity index (χ2n) is 3.51. The van der Waals surface area contributed by atoms with Crippen molar-refractivity contribution in [2.24, 2.45) is 5.73 Å². The van der Waals surface area contributed by atoms with Gasteiger partial charge in [0.15, 0.2) is 0 Å². The Kier molecular flexibility index (Phi) is 8.33. The highest BCUT2D eigenvalue weighted by molar-refractivity contribution is 4.59. The van der Waals surface area contributed by atoms with Crippen molar-refractivity contribution in [1.82, 2.24) is 10.2 Å². The molecule has 0 bridgehead atoms. The lowest BCUT2D eigenvalue weighted by atomic mass is 10.3. The number of hydrogen-bond acceptors (Lipinski definition) is 4. The summed E-state index contributed by atoms with van der Waals surface area (Å²) in [6.07, 6.45) is 0. The smallest absolute Gasteiger partial charge is 0.0593 e. The van der Waals surface area contributed by atoms with Gasteiger partial charge in [-0.25, -0.2) is 0 Å². The Morgan fingerprint density at radius 2 is 2.08 bits per heavy atom. The zero-order valence-corrected chi connectivity index (χ0v) is 9.05. The van der Waals surface area contributed by atoms with Gasteiger partial charge in [-0.15, -0.1) is 0 Å². The van der Waals surface area contributed by atoms with E-state index in [2.05, 4.69) is 17.1 Å². The highest BCUT2D eigenvalue weighted by atomic mass is 16.5. The molecule has 0 aliphatic rings. The maximum atomic E-state index is 5.44. The molecule has 0 rings (SSSR count). The Morgan fingerprint density at radius 1 is 1.38 bits per heavy atom. The van der Waals surface area contributed by atoms with Crippen molar-refractivity contribution in [3.05, 3.63) is 0 Å². The Bertz CT molecular complexity index is 109. The first-order valence-electron chi connectivity index (χ1n) is 4.82. The van der Waals surface area contributed by atoms with Gasteiger partial charge in [0, 0.05) is 25.7 Å². The number of rotatable bonds is 8. The van der Waals surface area contributed by atoms with Crippen molar-refractivity contribution in [2.75, 3.05) is 46.9 Å². The van der Waals surface area contributed by atoms with Gasteiger partial charge < -0.3 is 20.7 Å². The molecular weight excluding hydrogens is 166 g/mol. The lowest BCUT2D eigenvalue weighted by Crippen LogP contribution is -2.35. The lowest BCUT2D eigenvalue weighted by Gasteiger charge is -2.12. The SMILES string of the molecule is CC(CN)NCCOCCN(C)C. The highest BCUT2D eigenvalue weighted by Crippen LogP contribution is 1.79. The Morgan fingerprint density at radius 3 is 2.62 bits per heavy atom. The van der Waals surface area contributed by atoms with Crippen LogP contribution >= 0.6 is 0 Å². The van der Waals surface area contributed by atoms with Gasteiger partial charge in [-0.1, -0.05) is 0 Å². The summed E-state index contributed by atoms with van der Waals surface area (Å²) in [6, 6.07) is 0.387. The lowest BCUT2D eigenvalue weighted by molar-refractivity contribution is 0.118. The van der Waals surface area contributed by atoms with E-state index < -0.39 is 0 Å². The van der Waals surface area contributed by atoms with E-state index in [1.54, 1.807) is 0 Å². The van der Waals surface area contributed by atoms with Crippen LogP contribution in [0, 0.1) is 0 Å². The molecule has 0 heterocycles. The average Bonchev–Trinajstić information content (AvgIpc) is 2.10. The summed E-state index contributed by atoms with van der Waals surface area (Å²) in [5, 5.41) is 3.26. The van der Waals surface area contributed by atoms with Gasteiger partial charge in [-0.05, 0) is 21.0 Å². The summed E-state index contributed by atoms with van der Waals surface area (Å²) in [4.78, 5) is 2.11. The fraction of sp³-hybridized carbons (Fsp3) is 1.00. The molecule has 0 aromatic rings. The van der Waals surface area contributed by atoms with Crippen molar-refractivity contribution < 1.29 is 4.74 Å². The standard InChI is InChI=1S/C9H23N3O/c1-9(8-10)11-4-6-13-7-5-12(2)3/h9,11H,4-8,10H2,1-3H3. The zero-order valence-electron chi connectivity index (χ0n) is 9.05. The van der Waals surface area contributed by atoms with E-state index in [1.807, 2.05) is 14.1 Å². The molecule has 0 saturated heterocycles. The molecule has 3 N–H and O–H groups in total. The van der Waals surface area contributed by atoms with Crippen LogP contribution in [0.2, 0.25) is 0 Å². The molecule has 0 saturated carbocycles. The molecule has 4 nitrogen and oxygen atoms in total. The summed E-state index contributed by atoms with van der Waals surface area (Å²) < 4.78 is 5.39. The molecule has 0 aromatic heterocycles. The van der Waals surface area contributed by atoms with Gasteiger partial charge in [0.25, 0.3) is 0 Å². The zero-order chi connectivity index (χ0) is 10.1. The van der Waals surface area contributed by atoms with Gasteiger partial charge in [-0.2, -0.15) is 0 Å². The van der Waals surface area contributed by atoms with Gasteiger partial charge in [-0.3, -0.25) is 0 Å². The van der Waals surface area contributed by atoms with Crippen LogP contribution in [0.3, 0.4) is 0 Å². The fourth-order valence-corrected chi connectivity index (χ4v) is 0.810. The predicted molar refractivity (Wildman–Crippen MR) is 55.9 cm³/mol. The highest BCUT2D eigenvalue weighted by Gasteiger charge is 1.96. The number of likely N-dealkylation sites (N-methyl/N-ethyl adjacent to an activating group) is 1. The Labute approximate surface area is 81.4 Å². The van der Waals surface area contributed by atoms with Crippen molar-refractivity contribution in [3.8, 4) is 0 Å². The van der Waals surface area contributed by atoms with Crippen molar-refractivity contribution >= 4 is 0 Å². The Balaban J connectivity index is 2.99. The van der Waals surface area contributed by atoms with E-state index in [9.17, 15) is 0 Å². The molecule has 0 fully saturated rings. The van der Waals surface area contributed by atoms with Crippen LogP contribution in [0.5, 0.6) is 0 Å². The predicted octanol–water partition coefficient (Wildman–Crippen LogP) is -0.499. The topological polar surface area (TPSA) is 50.5 Å². The fourth-order valence-electron chi connectivity index (χ4n) is 0.810. The molecule has 4 heteroatoms. The number of nitrogens with two attached hydrogens (primary N) is 1. The quantitative estimate of drug-likeness (QED) is 0.506. The van der Waals surface area contributed by atoms with Crippen LogP contribution < -0.4 is 11.1 Å². The molecule has 1 atom stereocenters. The first-order valence-corrected chi connectivity index (χ1v) is 4.82. The van der Waals surface area contributed by atoms with Crippen LogP contribution in [0.15, 0.2) is 0 Å². The van der Waals surface area contributed by atoms with E-state index in [-0.39, 0.29) is 0 Å². The molecule has 0 radical (unpaired) electrons. The first-order chi connectivity index (χ1) is 6.16. The van der Waals surface area contributed by atoms with Gasteiger partial charge in [0.2, 0.25) is 0 Å². The summed E-state index contributed by atoms with van der Waals surface area (Å²) in [5.41, 5.74) is 5.44.